The maximum Gasteiger partial charge on any atom is 0.260 e. The van der Waals surface area contributed by atoms with Crippen LogP contribution in [0.25, 0.3) is 5.65 Å². The third-order valence-corrected chi connectivity index (χ3v) is 3.87. The first kappa shape index (κ1) is 13.6. The van der Waals surface area contributed by atoms with Gasteiger partial charge in [0.15, 0.2) is 0 Å². The average Bonchev–Trinajstić information content (AvgIpc) is 2.90. The Morgan fingerprint density at radius 2 is 2.19 bits per heavy atom. The summed E-state index contributed by atoms with van der Waals surface area (Å²) < 4.78 is 6.94. The molecule has 0 saturated carbocycles. The molecule has 2 aromatic rings. The van der Waals surface area contributed by atoms with Crippen molar-refractivity contribution in [2.24, 2.45) is 5.41 Å². The highest BCUT2D eigenvalue weighted by Crippen LogP contribution is 2.32. The molecule has 0 atom stereocenters. The van der Waals surface area contributed by atoms with Gasteiger partial charge in [-0.2, -0.15) is 5.26 Å². The number of aromatic nitrogens is 4. The second-order valence-corrected chi connectivity index (χ2v) is 6.11. The maximum atomic E-state index is 9.32. The first-order valence-electron chi connectivity index (χ1n) is 6.99. The van der Waals surface area contributed by atoms with Crippen LogP contribution in [-0.4, -0.2) is 39.8 Å². The molecule has 0 spiro atoms. The first-order valence-corrected chi connectivity index (χ1v) is 6.99. The Morgan fingerprint density at radius 1 is 1.38 bits per heavy atom. The van der Waals surface area contributed by atoms with Crippen LogP contribution < -0.4 is 9.64 Å². The predicted octanol–water partition coefficient (Wildman–Crippen LogP) is 1.63. The number of hydrogen-bond donors (Lipinski definition) is 0. The molecule has 0 unspecified atom stereocenters. The van der Waals surface area contributed by atoms with E-state index in [2.05, 4.69) is 40.0 Å². The molecular formula is C14H18N6O. The normalized spacial score (nSPS) is 17.7. The van der Waals surface area contributed by atoms with Gasteiger partial charge < -0.3 is 9.64 Å². The molecule has 1 aliphatic rings. The minimum absolute atomic E-state index is 0.230. The van der Waals surface area contributed by atoms with E-state index >= 15 is 0 Å². The van der Waals surface area contributed by atoms with Gasteiger partial charge in [-0.1, -0.05) is 13.8 Å². The highest BCUT2D eigenvalue weighted by Gasteiger charge is 2.29. The van der Waals surface area contributed by atoms with Crippen molar-refractivity contribution in [3.8, 4) is 11.9 Å². The molecule has 1 aliphatic heterocycles. The molecule has 110 valence electrons. The zero-order valence-electron chi connectivity index (χ0n) is 12.5. The summed E-state index contributed by atoms with van der Waals surface area (Å²) in [5.74, 6) is 1.07. The fourth-order valence-electron chi connectivity index (χ4n) is 2.89. The molecule has 0 amide bonds. The molecule has 0 N–H and O–H groups in total. The fraction of sp³-hybridized carbons (Fsp3) is 0.571. The number of nitrogens with zero attached hydrogens (tertiary/aromatic N) is 6. The number of methoxy groups -OCH3 is 1. The third-order valence-electron chi connectivity index (χ3n) is 3.87. The van der Waals surface area contributed by atoms with Crippen molar-refractivity contribution in [1.82, 2.24) is 19.6 Å². The molecule has 3 heterocycles. The van der Waals surface area contributed by atoms with E-state index in [0.29, 0.717) is 23.2 Å². The zero-order chi connectivity index (χ0) is 15.0. The first-order chi connectivity index (χ1) is 10.1. The molecule has 7 heteroatoms. The molecule has 7 nitrogen and oxygen atoms in total. The summed E-state index contributed by atoms with van der Waals surface area (Å²) in [7, 11) is 1.53. The van der Waals surface area contributed by atoms with Crippen molar-refractivity contribution in [3.63, 3.8) is 0 Å². The summed E-state index contributed by atoms with van der Waals surface area (Å²) in [5, 5.41) is 17.7. The van der Waals surface area contributed by atoms with E-state index in [9.17, 15) is 5.26 Å². The molecule has 1 saturated heterocycles. The van der Waals surface area contributed by atoms with Crippen LogP contribution in [0.4, 0.5) is 5.95 Å². The Bertz CT molecular complexity index is 714. The number of anilines is 1. The van der Waals surface area contributed by atoms with Gasteiger partial charge in [-0.25, -0.2) is 9.38 Å². The number of nitriles is 1. The molecule has 21 heavy (non-hydrogen) atoms. The van der Waals surface area contributed by atoms with Crippen LogP contribution >= 0.6 is 0 Å². The minimum Gasteiger partial charge on any atom is -0.478 e. The van der Waals surface area contributed by atoms with Gasteiger partial charge in [0.1, 0.15) is 11.8 Å². The van der Waals surface area contributed by atoms with Crippen LogP contribution in [-0.2, 0) is 0 Å². The van der Waals surface area contributed by atoms with Crippen LogP contribution in [0.15, 0.2) is 6.20 Å². The van der Waals surface area contributed by atoms with Gasteiger partial charge in [-0.15, -0.1) is 10.2 Å². The Hall–Kier alpha value is -2.36. The predicted molar refractivity (Wildman–Crippen MR) is 77.3 cm³/mol. The number of fused-ring (bicyclic) bond motifs is 1. The summed E-state index contributed by atoms with van der Waals surface area (Å²) in [6, 6.07) is 2.15. The molecule has 1 fully saturated rings. The van der Waals surface area contributed by atoms with Gasteiger partial charge in [0.2, 0.25) is 11.6 Å². The zero-order valence-corrected chi connectivity index (χ0v) is 12.5. The van der Waals surface area contributed by atoms with E-state index in [0.717, 1.165) is 19.5 Å². The van der Waals surface area contributed by atoms with Crippen molar-refractivity contribution in [3.05, 3.63) is 11.9 Å². The number of piperidine rings is 1. The van der Waals surface area contributed by atoms with Crippen molar-refractivity contribution in [2.75, 3.05) is 25.1 Å². The van der Waals surface area contributed by atoms with Gasteiger partial charge in [0, 0.05) is 13.1 Å². The van der Waals surface area contributed by atoms with Crippen LogP contribution in [0.2, 0.25) is 0 Å². The molecule has 0 aromatic carbocycles. The lowest BCUT2D eigenvalue weighted by atomic mass is 9.84. The lowest BCUT2D eigenvalue weighted by Crippen LogP contribution is -2.41. The van der Waals surface area contributed by atoms with Crippen LogP contribution in [0.3, 0.4) is 0 Å². The fourth-order valence-corrected chi connectivity index (χ4v) is 2.89. The van der Waals surface area contributed by atoms with Gasteiger partial charge in [-0.3, -0.25) is 0 Å². The molecular weight excluding hydrogens is 268 g/mol. The SMILES string of the molecule is COc1ncc(C#N)n2c(N3CCCC(C)(C)C3)nnc12. The average molecular weight is 286 g/mol. The molecule has 0 radical (unpaired) electrons. The number of ether oxygens (including phenoxy) is 1. The van der Waals surface area contributed by atoms with Gasteiger partial charge in [0.05, 0.1) is 13.3 Å². The Kier molecular flexibility index (Phi) is 3.16. The Labute approximate surface area is 123 Å². The third kappa shape index (κ3) is 2.27. The second kappa shape index (κ2) is 4.88. The standard InChI is InChI=1S/C14H18N6O/c1-14(2)5-4-6-19(9-14)13-18-17-11-12(21-3)16-8-10(7-15)20(11)13/h8H,4-6,9H2,1-3H3. The maximum absolute atomic E-state index is 9.32. The van der Waals surface area contributed by atoms with Crippen molar-refractivity contribution >= 4 is 11.6 Å². The summed E-state index contributed by atoms with van der Waals surface area (Å²) in [6.45, 7) is 6.30. The Morgan fingerprint density at radius 3 is 2.86 bits per heavy atom. The smallest absolute Gasteiger partial charge is 0.260 e. The highest BCUT2D eigenvalue weighted by molar-refractivity contribution is 5.56. The monoisotopic (exact) mass is 286 g/mol. The molecule has 2 aromatic heterocycles. The van der Waals surface area contributed by atoms with Gasteiger partial charge in [-0.05, 0) is 18.3 Å². The van der Waals surface area contributed by atoms with Gasteiger partial charge in [0.25, 0.3) is 5.88 Å². The van der Waals surface area contributed by atoms with E-state index < -0.39 is 0 Å². The number of hydrogen-bond acceptors (Lipinski definition) is 6. The van der Waals surface area contributed by atoms with E-state index in [1.807, 2.05) is 0 Å². The van der Waals surface area contributed by atoms with Crippen molar-refractivity contribution in [1.29, 1.82) is 5.26 Å². The second-order valence-electron chi connectivity index (χ2n) is 6.11. The molecule has 3 rings (SSSR count). The van der Waals surface area contributed by atoms with E-state index in [-0.39, 0.29) is 5.41 Å². The largest absolute Gasteiger partial charge is 0.478 e. The van der Waals surface area contributed by atoms with Crippen LogP contribution in [0.1, 0.15) is 32.4 Å². The lowest BCUT2D eigenvalue weighted by Gasteiger charge is -2.38. The summed E-state index contributed by atoms with van der Waals surface area (Å²) >= 11 is 0. The van der Waals surface area contributed by atoms with Crippen LogP contribution in [0.5, 0.6) is 5.88 Å². The lowest BCUT2D eigenvalue weighted by molar-refractivity contribution is 0.290. The highest BCUT2D eigenvalue weighted by atomic mass is 16.5. The molecule has 0 bridgehead atoms. The van der Waals surface area contributed by atoms with E-state index in [1.54, 1.807) is 4.40 Å². The quantitative estimate of drug-likeness (QED) is 0.835. The van der Waals surface area contributed by atoms with Crippen molar-refractivity contribution in [2.45, 2.75) is 26.7 Å². The topological polar surface area (TPSA) is 79.3 Å². The number of rotatable bonds is 2. The van der Waals surface area contributed by atoms with Crippen LogP contribution in [0, 0.1) is 16.7 Å². The Balaban J connectivity index is 2.13. The summed E-state index contributed by atoms with van der Waals surface area (Å²) in [4.78, 5) is 6.28. The molecule has 0 aliphatic carbocycles. The van der Waals surface area contributed by atoms with E-state index in [1.165, 1.54) is 19.7 Å². The summed E-state index contributed by atoms with van der Waals surface area (Å²) in [6.07, 6.45) is 3.79. The minimum atomic E-state index is 0.230. The van der Waals surface area contributed by atoms with Gasteiger partial charge >= 0.3 is 0 Å². The van der Waals surface area contributed by atoms with E-state index in [4.69, 9.17) is 4.74 Å². The van der Waals surface area contributed by atoms with Crippen molar-refractivity contribution < 1.29 is 4.74 Å². The summed E-state index contributed by atoms with van der Waals surface area (Å²) in [5.41, 5.74) is 1.12.